The Morgan fingerprint density at radius 2 is 1.97 bits per heavy atom. The van der Waals surface area contributed by atoms with Gasteiger partial charge >= 0.3 is 5.97 Å². The number of hydrogen-bond donors (Lipinski definition) is 0. The highest BCUT2D eigenvalue weighted by Crippen LogP contribution is 2.39. The summed E-state index contributed by atoms with van der Waals surface area (Å²) in [6.45, 7) is 1.95. The second kappa shape index (κ2) is 10.9. The van der Waals surface area contributed by atoms with Crippen LogP contribution in [0.15, 0.2) is 45.8 Å². The van der Waals surface area contributed by atoms with Crippen LogP contribution in [-0.2, 0) is 20.9 Å². The third-order valence-corrected chi connectivity index (χ3v) is 6.31. The zero-order chi connectivity index (χ0) is 23.3. The van der Waals surface area contributed by atoms with E-state index in [9.17, 15) is 14.4 Å². The first-order valence-corrected chi connectivity index (χ1v) is 11.5. The molecule has 7 nitrogen and oxygen atoms in total. The number of carbonyl (C=O) groups is 3. The number of rotatable bonds is 8. The maximum atomic E-state index is 12.9. The molecule has 1 fully saturated rings. The third kappa shape index (κ3) is 5.65. The van der Waals surface area contributed by atoms with Crippen LogP contribution in [0.2, 0.25) is 5.02 Å². The molecule has 168 valence electrons. The van der Waals surface area contributed by atoms with Crippen LogP contribution in [0.4, 0.5) is 4.79 Å². The van der Waals surface area contributed by atoms with Gasteiger partial charge in [-0.15, -0.1) is 0 Å². The van der Waals surface area contributed by atoms with Crippen molar-refractivity contribution < 1.29 is 28.6 Å². The topological polar surface area (TPSA) is 82.1 Å². The van der Waals surface area contributed by atoms with E-state index in [4.69, 9.17) is 21.1 Å². The molecule has 2 amide bonds. The van der Waals surface area contributed by atoms with E-state index in [1.165, 1.54) is 12.0 Å². The van der Waals surface area contributed by atoms with Crippen LogP contribution in [0.1, 0.15) is 18.1 Å². The zero-order valence-electron chi connectivity index (χ0n) is 17.2. The lowest BCUT2D eigenvalue weighted by molar-refractivity contribution is -0.142. The summed E-state index contributed by atoms with van der Waals surface area (Å²) < 4.78 is 16.4. The van der Waals surface area contributed by atoms with E-state index >= 15 is 0 Å². The van der Waals surface area contributed by atoms with Crippen LogP contribution in [0.5, 0.6) is 11.5 Å². The van der Waals surface area contributed by atoms with Crippen LogP contribution >= 0.6 is 39.3 Å². The number of imide groups is 1. The van der Waals surface area contributed by atoms with Crippen LogP contribution in [-0.4, -0.2) is 42.3 Å². The molecule has 0 spiro atoms. The first kappa shape index (κ1) is 24.2. The molecular formula is C22H19BrClNO6S. The van der Waals surface area contributed by atoms with Crippen molar-refractivity contribution in [1.82, 2.24) is 4.90 Å². The Morgan fingerprint density at radius 1 is 1.22 bits per heavy atom. The number of ether oxygens (including phenoxy) is 3. The highest BCUT2D eigenvalue weighted by atomic mass is 79.9. The molecule has 32 heavy (non-hydrogen) atoms. The molecule has 1 aliphatic rings. The van der Waals surface area contributed by atoms with E-state index in [0.29, 0.717) is 17.9 Å². The van der Waals surface area contributed by atoms with Crippen molar-refractivity contribution in [3.8, 4) is 11.5 Å². The van der Waals surface area contributed by atoms with Gasteiger partial charge in [-0.3, -0.25) is 14.5 Å². The molecule has 0 bridgehead atoms. The molecular weight excluding hydrogens is 522 g/mol. The SMILES string of the molecule is CCOc1cc(/C=C2\SC(=O)N(Cc3ccccc3Br)C2=O)cc(Cl)c1OCC(=O)OC. The van der Waals surface area contributed by atoms with E-state index in [1.54, 1.807) is 25.1 Å². The Hall–Kier alpha value is -2.49. The molecule has 1 saturated heterocycles. The Kier molecular flexibility index (Phi) is 8.22. The summed E-state index contributed by atoms with van der Waals surface area (Å²) in [7, 11) is 1.25. The van der Waals surface area contributed by atoms with Crippen molar-refractivity contribution in [3.05, 3.63) is 61.9 Å². The van der Waals surface area contributed by atoms with Crippen molar-refractivity contribution in [2.24, 2.45) is 0 Å². The van der Waals surface area contributed by atoms with E-state index in [0.717, 1.165) is 21.8 Å². The van der Waals surface area contributed by atoms with Gasteiger partial charge in [0.25, 0.3) is 11.1 Å². The highest BCUT2D eigenvalue weighted by molar-refractivity contribution is 9.10. The summed E-state index contributed by atoms with van der Waals surface area (Å²) in [4.78, 5) is 38.2. The number of thioether (sulfide) groups is 1. The molecule has 0 aliphatic carbocycles. The predicted molar refractivity (Wildman–Crippen MR) is 126 cm³/mol. The number of hydrogen-bond acceptors (Lipinski definition) is 7. The number of benzene rings is 2. The van der Waals surface area contributed by atoms with Crippen molar-refractivity contribution >= 4 is 62.5 Å². The molecule has 2 aromatic carbocycles. The number of nitrogens with zero attached hydrogens (tertiary/aromatic N) is 1. The van der Waals surface area contributed by atoms with Gasteiger partial charge in [0, 0.05) is 4.47 Å². The van der Waals surface area contributed by atoms with Gasteiger partial charge in [-0.1, -0.05) is 45.7 Å². The minimum Gasteiger partial charge on any atom is -0.490 e. The van der Waals surface area contributed by atoms with E-state index in [2.05, 4.69) is 20.7 Å². The zero-order valence-corrected chi connectivity index (χ0v) is 20.4. The van der Waals surface area contributed by atoms with Gasteiger partial charge in [0.2, 0.25) is 0 Å². The molecule has 1 heterocycles. The Balaban J connectivity index is 1.85. The molecule has 3 rings (SSSR count). The minimum atomic E-state index is -0.564. The lowest BCUT2D eigenvalue weighted by Crippen LogP contribution is -2.27. The summed E-state index contributed by atoms with van der Waals surface area (Å²) in [6.07, 6.45) is 1.57. The fourth-order valence-electron chi connectivity index (χ4n) is 2.85. The first-order chi connectivity index (χ1) is 15.3. The van der Waals surface area contributed by atoms with Crippen LogP contribution in [0, 0.1) is 0 Å². The fourth-order valence-corrected chi connectivity index (χ4v) is 4.37. The van der Waals surface area contributed by atoms with Gasteiger partial charge in [0.1, 0.15) is 0 Å². The first-order valence-electron chi connectivity index (χ1n) is 9.48. The lowest BCUT2D eigenvalue weighted by Gasteiger charge is -2.14. The molecule has 0 unspecified atom stereocenters. The largest absolute Gasteiger partial charge is 0.490 e. The molecule has 0 saturated carbocycles. The second-order valence-electron chi connectivity index (χ2n) is 6.49. The predicted octanol–water partition coefficient (Wildman–Crippen LogP) is 5.29. The Labute approximate surface area is 202 Å². The van der Waals surface area contributed by atoms with Gasteiger partial charge in [-0.2, -0.15) is 0 Å². The molecule has 0 atom stereocenters. The Morgan fingerprint density at radius 3 is 2.66 bits per heavy atom. The Bertz CT molecular complexity index is 1090. The summed E-state index contributed by atoms with van der Waals surface area (Å²) in [5.41, 5.74) is 1.38. The minimum absolute atomic E-state index is 0.161. The number of methoxy groups -OCH3 is 1. The molecule has 2 aromatic rings. The summed E-state index contributed by atoms with van der Waals surface area (Å²) in [6, 6.07) is 10.6. The van der Waals surface area contributed by atoms with Crippen molar-refractivity contribution in [1.29, 1.82) is 0 Å². The fraction of sp³-hybridized carbons (Fsp3) is 0.227. The average molecular weight is 541 g/mol. The maximum absolute atomic E-state index is 12.9. The summed E-state index contributed by atoms with van der Waals surface area (Å²) in [5.74, 6) is -0.456. The lowest BCUT2D eigenvalue weighted by atomic mass is 10.1. The van der Waals surface area contributed by atoms with Gasteiger partial charge in [0.05, 0.1) is 30.2 Å². The summed E-state index contributed by atoms with van der Waals surface area (Å²) in [5, 5.41) is -0.162. The molecule has 0 N–H and O–H groups in total. The number of carbonyl (C=O) groups excluding carboxylic acids is 3. The van der Waals surface area contributed by atoms with E-state index in [-0.39, 0.29) is 34.1 Å². The van der Waals surface area contributed by atoms with Crippen LogP contribution in [0.25, 0.3) is 6.08 Å². The van der Waals surface area contributed by atoms with E-state index < -0.39 is 11.9 Å². The quantitative estimate of drug-likeness (QED) is 0.332. The van der Waals surface area contributed by atoms with Gasteiger partial charge in [-0.25, -0.2) is 4.79 Å². The average Bonchev–Trinajstić information content (AvgIpc) is 3.02. The maximum Gasteiger partial charge on any atom is 0.343 e. The van der Waals surface area contributed by atoms with Gasteiger partial charge in [-0.05, 0) is 54.1 Å². The molecule has 10 heteroatoms. The van der Waals surface area contributed by atoms with Crippen molar-refractivity contribution in [3.63, 3.8) is 0 Å². The normalized spacial score (nSPS) is 14.8. The third-order valence-electron chi connectivity index (χ3n) is 4.35. The van der Waals surface area contributed by atoms with Crippen LogP contribution in [0.3, 0.4) is 0 Å². The van der Waals surface area contributed by atoms with Crippen LogP contribution < -0.4 is 9.47 Å². The smallest absolute Gasteiger partial charge is 0.343 e. The van der Waals surface area contributed by atoms with E-state index in [1.807, 2.05) is 24.3 Å². The molecule has 1 aliphatic heterocycles. The van der Waals surface area contributed by atoms with Crippen molar-refractivity contribution in [2.75, 3.05) is 20.3 Å². The van der Waals surface area contributed by atoms with Gasteiger partial charge in [0.15, 0.2) is 18.1 Å². The summed E-state index contributed by atoms with van der Waals surface area (Å²) >= 11 is 10.6. The monoisotopic (exact) mass is 539 g/mol. The number of esters is 1. The van der Waals surface area contributed by atoms with Gasteiger partial charge < -0.3 is 14.2 Å². The number of amides is 2. The van der Waals surface area contributed by atoms with Crippen molar-refractivity contribution in [2.45, 2.75) is 13.5 Å². The number of halogens is 2. The highest BCUT2D eigenvalue weighted by Gasteiger charge is 2.35. The molecule has 0 aromatic heterocycles. The second-order valence-corrected chi connectivity index (χ2v) is 8.74. The molecule has 0 radical (unpaired) electrons. The standard InChI is InChI=1S/C22H19BrClNO6S/c1-3-30-17-9-13(8-16(24)20(17)31-12-19(26)29-2)10-18-21(27)25(22(28)32-18)11-14-6-4-5-7-15(14)23/h4-10H,3,11-12H2,1-2H3/b18-10-.